The van der Waals surface area contributed by atoms with E-state index in [1.807, 2.05) is 18.7 Å². The van der Waals surface area contributed by atoms with Gasteiger partial charge in [0.15, 0.2) is 0 Å². The number of fused-ring (bicyclic) bond motifs is 1. The van der Waals surface area contributed by atoms with Gasteiger partial charge in [0, 0.05) is 32.4 Å². The maximum atomic E-state index is 14.2. The van der Waals surface area contributed by atoms with E-state index in [1.54, 1.807) is 0 Å². The first-order chi connectivity index (χ1) is 15.4. The number of halogens is 1. The third-order valence-corrected chi connectivity index (χ3v) is 5.53. The lowest BCUT2D eigenvalue weighted by Crippen LogP contribution is -2.40. The Morgan fingerprint density at radius 1 is 1.28 bits per heavy atom. The number of alkyl halides is 1. The SMILES string of the molecule is COC[C@@H](F)CN(CCCCc1ccc2c(n1)NCCC2)CC[C@H](N)C(=O)OCC(C)C. The summed E-state index contributed by atoms with van der Waals surface area (Å²) < 4.78 is 24.3. The highest BCUT2D eigenvalue weighted by Gasteiger charge is 2.19. The second-order valence-corrected chi connectivity index (χ2v) is 9.07. The molecule has 0 unspecified atom stereocenters. The van der Waals surface area contributed by atoms with Gasteiger partial charge in [0.2, 0.25) is 0 Å². The lowest BCUT2D eigenvalue weighted by atomic mass is 10.1. The molecule has 0 radical (unpaired) electrons. The number of aromatic nitrogens is 1. The van der Waals surface area contributed by atoms with E-state index in [4.69, 9.17) is 20.2 Å². The fourth-order valence-corrected chi connectivity index (χ4v) is 3.75. The standard InChI is InChI=1S/C24H41FN4O3/c1-18(2)16-32-24(30)22(26)11-14-29(15-20(25)17-31-3)13-5-4-8-21-10-9-19-7-6-12-27-23(19)28-21/h9-10,18,20,22H,4-8,11-17,26H2,1-3H3,(H,27,28)/t20-,22-/m0/s1. The minimum Gasteiger partial charge on any atom is -0.464 e. The molecule has 2 atom stereocenters. The summed E-state index contributed by atoms with van der Waals surface area (Å²) in [4.78, 5) is 18.8. The summed E-state index contributed by atoms with van der Waals surface area (Å²) in [6, 6.07) is 3.60. The number of nitrogens with zero attached hydrogens (tertiary/aromatic N) is 2. The Balaban J connectivity index is 1.78. The zero-order valence-corrected chi connectivity index (χ0v) is 19.9. The first-order valence-corrected chi connectivity index (χ1v) is 11.9. The molecule has 0 aromatic carbocycles. The van der Waals surface area contributed by atoms with Gasteiger partial charge in [0.05, 0.1) is 13.2 Å². The molecule has 0 saturated heterocycles. The molecule has 1 aliphatic rings. The van der Waals surface area contributed by atoms with Crippen LogP contribution in [-0.4, -0.2) is 74.6 Å². The van der Waals surface area contributed by atoms with Gasteiger partial charge in [-0.05, 0) is 62.6 Å². The zero-order valence-electron chi connectivity index (χ0n) is 19.9. The lowest BCUT2D eigenvalue weighted by Gasteiger charge is -2.25. The Morgan fingerprint density at radius 3 is 2.84 bits per heavy atom. The van der Waals surface area contributed by atoms with Crippen molar-refractivity contribution < 1.29 is 18.7 Å². The van der Waals surface area contributed by atoms with Gasteiger partial charge in [-0.3, -0.25) is 4.79 Å². The molecule has 2 rings (SSSR count). The van der Waals surface area contributed by atoms with Crippen LogP contribution in [0.3, 0.4) is 0 Å². The average Bonchev–Trinajstić information content (AvgIpc) is 2.78. The Bertz CT molecular complexity index is 689. The molecule has 0 fully saturated rings. The van der Waals surface area contributed by atoms with Crippen molar-refractivity contribution in [1.82, 2.24) is 9.88 Å². The second kappa shape index (κ2) is 14.4. The topological polar surface area (TPSA) is 89.7 Å². The van der Waals surface area contributed by atoms with Gasteiger partial charge in [-0.1, -0.05) is 19.9 Å². The van der Waals surface area contributed by atoms with Crippen LogP contribution in [0.15, 0.2) is 12.1 Å². The highest BCUT2D eigenvalue weighted by molar-refractivity contribution is 5.75. The lowest BCUT2D eigenvalue weighted by molar-refractivity contribution is -0.146. The van der Waals surface area contributed by atoms with Gasteiger partial charge in [0.1, 0.15) is 18.0 Å². The maximum absolute atomic E-state index is 14.2. The monoisotopic (exact) mass is 452 g/mol. The molecular formula is C24H41FN4O3. The molecule has 182 valence electrons. The smallest absolute Gasteiger partial charge is 0.322 e. The van der Waals surface area contributed by atoms with Crippen LogP contribution < -0.4 is 11.1 Å². The Labute approximate surface area is 192 Å². The number of nitrogens with one attached hydrogen (secondary N) is 1. The van der Waals surface area contributed by atoms with Crippen LogP contribution in [0.4, 0.5) is 10.2 Å². The summed E-state index contributed by atoms with van der Waals surface area (Å²) >= 11 is 0. The van der Waals surface area contributed by atoms with Crippen LogP contribution in [0.5, 0.6) is 0 Å². The van der Waals surface area contributed by atoms with Crippen molar-refractivity contribution >= 4 is 11.8 Å². The van der Waals surface area contributed by atoms with Crippen LogP contribution in [0.1, 0.15) is 50.8 Å². The number of anilines is 1. The normalized spacial score (nSPS) is 15.3. The molecule has 1 aliphatic heterocycles. The van der Waals surface area contributed by atoms with Crippen LogP contribution in [0, 0.1) is 5.92 Å². The number of unbranched alkanes of at least 4 members (excludes halogenated alkanes) is 1. The van der Waals surface area contributed by atoms with Gasteiger partial charge >= 0.3 is 5.97 Å². The number of esters is 1. The number of rotatable bonds is 15. The van der Waals surface area contributed by atoms with Crippen LogP contribution in [0.2, 0.25) is 0 Å². The molecule has 0 aliphatic carbocycles. The molecule has 3 N–H and O–H groups in total. The van der Waals surface area contributed by atoms with E-state index in [0.29, 0.717) is 19.6 Å². The second-order valence-electron chi connectivity index (χ2n) is 9.07. The fourth-order valence-electron chi connectivity index (χ4n) is 3.75. The minimum atomic E-state index is -1.07. The molecule has 2 heterocycles. The Kier molecular flexibility index (Phi) is 11.9. The van der Waals surface area contributed by atoms with E-state index in [2.05, 4.69) is 17.4 Å². The largest absolute Gasteiger partial charge is 0.464 e. The molecule has 1 aromatic rings. The Hall–Kier alpha value is -1.77. The molecular weight excluding hydrogens is 411 g/mol. The van der Waals surface area contributed by atoms with E-state index in [1.165, 1.54) is 12.7 Å². The fraction of sp³-hybridized carbons (Fsp3) is 0.750. The molecule has 8 heteroatoms. The third kappa shape index (κ3) is 9.79. The van der Waals surface area contributed by atoms with E-state index >= 15 is 0 Å². The summed E-state index contributed by atoms with van der Waals surface area (Å²) in [5.74, 6) is 0.900. The van der Waals surface area contributed by atoms with Crippen molar-refractivity contribution in [2.45, 2.75) is 64.6 Å². The quantitative estimate of drug-likeness (QED) is 0.312. The van der Waals surface area contributed by atoms with E-state index in [9.17, 15) is 9.18 Å². The molecule has 0 saturated carbocycles. The van der Waals surface area contributed by atoms with E-state index in [-0.39, 0.29) is 25.0 Å². The van der Waals surface area contributed by atoms with Gasteiger partial charge in [0.25, 0.3) is 0 Å². The number of methoxy groups -OCH3 is 1. The van der Waals surface area contributed by atoms with Gasteiger partial charge in [-0.2, -0.15) is 0 Å². The summed E-state index contributed by atoms with van der Waals surface area (Å²) in [5, 5.41) is 3.37. The first-order valence-electron chi connectivity index (χ1n) is 11.9. The molecule has 0 amide bonds. The summed E-state index contributed by atoms with van der Waals surface area (Å²) in [6.07, 6.45) is 4.38. The molecule has 32 heavy (non-hydrogen) atoms. The van der Waals surface area contributed by atoms with Crippen molar-refractivity contribution in [3.63, 3.8) is 0 Å². The number of hydrogen-bond donors (Lipinski definition) is 2. The highest BCUT2D eigenvalue weighted by Crippen LogP contribution is 2.20. The highest BCUT2D eigenvalue weighted by atomic mass is 19.1. The van der Waals surface area contributed by atoms with Crippen LogP contribution in [-0.2, 0) is 27.1 Å². The number of carbonyl (C=O) groups is 1. The number of ether oxygens (including phenoxy) is 2. The van der Waals surface area contributed by atoms with Crippen LogP contribution >= 0.6 is 0 Å². The van der Waals surface area contributed by atoms with Crippen molar-refractivity contribution in [3.05, 3.63) is 23.4 Å². The Morgan fingerprint density at radius 2 is 2.09 bits per heavy atom. The molecule has 1 aromatic heterocycles. The number of carbonyl (C=O) groups excluding carboxylic acids is 1. The first kappa shape index (κ1) is 26.5. The van der Waals surface area contributed by atoms with Crippen LogP contribution in [0.25, 0.3) is 0 Å². The van der Waals surface area contributed by atoms with E-state index in [0.717, 1.165) is 56.7 Å². The maximum Gasteiger partial charge on any atom is 0.322 e. The molecule has 0 spiro atoms. The predicted octanol–water partition coefficient (Wildman–Crippen LogP) is 2.97. The van der Waals surface area contributed by atoms with Gasteiger partial charge < -0.3 is 25.4 Å². The zero-order chi connectivity index (χ0) is 23.3. The summed E-state index contributed by atoms with van der Waals surface area (Å²) in [6.45, 7) is 6.92. The summed E-state index contributed by atoms with van der Waals surface area (Å²) in [7, 11) is 1.50. The number of aryl methyl sites for hydroxylation is 2. The van der Waals surface area contributed by atoms with E-state index < -0.39 is 12.2 Å². The van der Waals surface area contributed by atoms with Crippen molar-refractivity contribution in [3.8, 4) is 0 Å². The minimum absolute atomic E-state index is 0.0605. The molecule has 0 bridgehead atoms. The van der Waals surface area contributed by atoms with Gasteiger partial charge in [-0.25, -0.2) is 9.37 Å². The average molecular weight is 453 g/mol. The number of hydrogen-bond acceptors (Lipinski definition) is 7. The summed E-state index contributed by atoms with van der Waals surface area (Å²) in [5.41, 5.74) is 8.37. The van der Waals surface area contributed by atoms with Crippen molar-refractivity contribution in [2.75, 3.05) is 51.8 Å². The number of pyridine rings is 1. The van der Waals surface area contributed by atoms with Crippen molar-refractivity contribution in [2.24, 2.45) is 11.7 Å². The number of nitrogens with two attached hydrogens (primary N) is 1. The third-order valence-electron chi connectivity index (χ3n) is 5.53. The van der Waals surface area contributed by atoms with Gasteiger partial charge in [-0.15, -0.1) is 0 Å². The van der Waals surface area contributed by atoms with Crippen molar-refractivity contribution in [1.29, 1.82) is 0 Å². The molecule has 7 nitrogen and oxygen atoms in total. The predicted molar refractivity (Wildman–Crippen MR) is 126 cm³/mol.